The molecular weight excluding hydrogens is 700 g/mol. The summed E-state index contributed by atoms with van der Waals surface area (Å²) in [5.41, 5.74) is 5.71. The topological polar surface area (TPSA) is 123 Å². The van der Waals surface area contributed by atoms with Gasteiger partial charge in [-0.25, -0.2) is 4.68 Å². The molecule has 5 heterocycles. The molecule has 1 unspecified atom stereocenters. The van der Waals surface area contributed by atoms with Crippen LogP contribution in [0, 0.1) is 6.92 Å². The van der Waals surface area contributed by atoms with Crippen LogP contribution >= 0.6 is 15.9 Å². The Bertz CT molecular complexity index is 1830. The lowest BCUT2D eigenvalue weighted by Gasteiger charge is -2.48. The van der Waals surface area contributed by atoms with Crippen molar-refractivity contribution in [2.24, 2.45) is 7.05 Å². The second-order valence-corrected chi connectivity index (χ2v) is 15.1. The van der Waals surface area contributed by atoms with Gasteiger partial charge in [0.15, 0.2) is 0 Å². The molecule has 4 saturated heterocycles. The standard InChI is InChI=1S/C37H45BrN8O4/c1-23-16-28(8-9-30(23)31-10-11-33(47)41-35(31)48)44-12-14-45(15-13-44)29-21-46(22-29)36(49)25-6-4-24(5-7-25)26-17-27(20-42(2)19-26)40-32-18-39-43(3)37(50)34(32)38/h4-9,16,18,26-27,29,31,40H,10-15,17,19-22H2,1-3H3,(H,41,47,48)/t26-,27+,31?/m0/s1. The Hall–Kier alpha value is -4.07. The van der Waals surface area contributed by atoms with Crippen molar-refractivity contribution in [2.75, 3.05) is 69.6 Å². The second-order valence-electron chi connectivity index (χ2n) is 14.3. The van der Waals surface area contributed by atoms with Gasteiger partial charge in [0.2, 0.25) is 11.8 Å². The van der Waals surface area contributed by atoms with Crippen molar-refractivity contribution in [1.82, 2.24) is 29.8 Å². The number of carbonyl (C=O) groups excluding carboxylic acids is 3. The molecule has 7 rings (SSSR count). The number of aromatic nitrogens is 2. The van der Waals surface area contributed by atoms with E-state index in [2.05, 4.69) is 83.7 Å². The van der Waals surface area contributed by atoms with Gasteiger partial charge in [-0.1, -0.05) is 18.2 Å². The molecule has 0 radical (unpaired) electrons. The maximum Gasteiger partial charge on any atom is 0.282 e. The first-order valence-corrected chi connectivity index (χ1v) is 18.3. The Morgan fingerprint density at radius 1 is 0.960 bits per heavy atom. The molecule has 0 bridgehead atoms. The average Bonchev–Trinajstić information content (AvgIpc) is 3.08. The molecule has 264 valence electrons. The van der Waals surface area contributed by atoms with Gasteiger partial charge in [-0.3, -0.25) is 29.4 Å². The zero-order valence-electron chi connectivity index (χ0n) is 28.9. The lowest BCUT2D eigenvalue weighted by Crippen LogP contribution is -2.64. The lowest BCUT2D eigenvalue weighted by molar-refractivity contribution is -0.134. The fraction of sp³-hybridized carbons (Fsp3) is 0.486. The fourth-order valence-corrected chi connectivity index (χ4v) is 8.49. The summed E-state index contributed by atoms with van der Waals surface area (Å²) in [5, 5.41) is 10.1. The van der Waals surface area contributed by atoms with Gasteiger partial charge in [-0.15, -0.1) is 0 Å². The van der Waals surface area contributed by atoms with Gasteiger partial charge >= 0.3 is 0 Å². The van der Waals surface area contributed by atoms with E-state index in [9.17, 15) is 19.2 Å². The molecule has 4 aliphatic rings. The van der Waals surface area contributed by atoms with Gasteiger partial charge in [-0.05, 0) is 89.6 Å². The summed E-state index contributed by atoms with van der Waals surface area (Å²) in [4.78, 5) is 58.8. The summed E-state index contributed by atoms with van der Waals surface area (Å²) in [6.07, 6.45) is 3.54. The number of aryl methyl sites for hydroxylation is 2. The highest BCUT2D eigenvalue weighted by molar-refractivity contribution is 9.10. The number of anilines is 2. The van der Waals surface area contributed by atoms with Crippen molar-refractivity contribution in [3.63, 3.8) is 0 Å². The minimum Gasteiger partial charge on any atom is -0.379 e. The Balaban J connectivity index is 0.888. The van der Waals surface area contributed by atoms with Crippen LogP contribution in [-0.4, -0.2) is 114 Å². The number of halogens is 1. The highest BCUT2D eigenvalue weighted by Gasteiger charge is 2.37. The molecule has 3 atom stereocenters. The number of imide groups is 1. The Kier molecular flexibility index (Phi) is 9.82. The summed E-state index contributed by atoms with van der Waals surface area (Å²) in [5.74, 6) is -0.270. The number of benzene rings is 2. The first-order chi connectivity index (χ1) is 24.0. The van der Waals surface area contributed by atoms with Crippen LogP contribution in [0.25, 0.3) is 0 Å². The summed E-state index contributed by atoms with van der Waals surface area (Å²) < 4.78 is 1.80. The summed E-state index contributed by atoms with van der Waals surface area (Å²) in [6, 6.07) is 15.0. The minimum absolute atomic E-state index is 0.0846. The van der Waals surface area contributed by atoms with Crippen LogP contribution in [0.4, 0.5) is 11.4 Å². The third-order valence-electron chi connectivity index (χ3n) is 10.9. The molecular formula is C37H45BrN8O4. The van der Waals surface area contributed by atoms with Gasteiger partial charge in [-0.2, -0.15) is 5.10 Å². The fourth-order valence-electron chi connectivity index (χ4n) is 8.01. The maximum absolute atomic E-state index is 13.4. The monoisotopic (exact) mass is 744 g/mol. The van der Waals surface area contributed by atoms with E-state index < -0.39 is 0 Å². The van der Waals surface area contributed by atoms with Gasteiger partial charge in [0.25, 0.3) is 11.5 Å². The van der Waals surface area contributed by atoms with E-state index >= 15 is 0 Å². The summed E-state index contributed by atoms with van der Waals surface area (Å²) in [7, 11) is 3.75. The third-order valence-corrected chi connectivity index (χ3v) is 11.7. The van der Waals surface area contributed by atoms with Crippen LogP contribution in [0.1, 0.15) is 58.1 Å². The van der Waals surface area contributed by atoms with Crippen LogP contribution < -0.4 is 21.1 Å². The predicted molar refractivity (Wildman–Crippen MR) is 196 cm³/mol. The predicted octanol–water partition coefficient (Wildman–Crippen LogP) is 2.92. The van der Waals surface area contributed by atoms with E-state index in [1.54, 1.807) is 13.2 Å². The molecule has 3 aromatic rings. The largest absolute Gasteiger partial charge is 0.379 e. The van der Waals surface area contributed by atoms with E-state index in [-0.39, 0.29) is 35.2 Å². The van der Waals surface area contributed by atoms with Crippen LogP contribution in [-0.2, 0) is 16.6 Å². The maximum atomic E-state index is 13.4. The number of piperidine rings is 2. The van der Waals surface area contributed by atoms with Gasteiger partial charge in [0.05, 0.1) is 17.8 Å². The molecule has 2 aromatic carbocycles. The van der Waals surface area contributed by atoms with E-state index in [0.29, 0.717) is 35.0 Å². The number of piperazine rings is 1. The van der Waals surface area contributed by atoms with Crippen molar-refractivity contribution in [2.45, 2.75) is 50.1 Å². The number of amides is 3. The average molecular weight is 746 g/mol. The molecule has 2 N–H and O–H groups in total. The van der Waals surface area contributed by atoms with Crippen molar-refractivity contribution in [3.05, 3.63) is 85.7 Å². The highest BCUT2D eigenvalue weighted by atomic mass is 79.9. The SMILES string of the molecule is Cc1cc(N2CCN(C3CN(C(=O)c4ccc([C@H]5C[C@@H](Nc6cnn(C)c(=O)c6Br)CN(C)C5)cc4)C3)CC2)ccc1C1CCC(=O)NC1=O. The number of rotatable bonds is 7. The number of nitrogens with zero attached hydrogens (tertiary/aromatic N) is 6. The molecule has 1 aromatic heterocycles. The van der Waals surface area contributed by atoms with Crippen LogP contribution in [0.15, 0.2) is 57.9 Å². The second kappa shape index (κ2) is 14.3. The van der Waals surface area contributed by atoms with E-state index in [4.69, 9.17) is 0 Å². The van der Waals surface area contributed by atoms with Crippen molar-refractivity contribution >= 4 is 45.0 Å². The van der Waals surface area contributed by atoms with Gasteiger partial charge < -0.3 is 20.0 Å². The molecule has 4 fully saturated rings. The normalized spacial score (nSPS) is 23.8. The smallest absolute Gasteiger partial charge is 0.282 e. The first-order valence-electron chi connectivity index (χ1n) is 17.5. The van der Waals surface area contributed by atoms with Crippen molar-refractivity contribution in [1.29, 1.82) is 0 Å². The lowest BCUT2D eigenvalue weighted by atomic mass is 9.87. The molecule has 3 amide bonds. The number of hydrogen-bond acceptors (Lipinski definition) is 9. The Morgan fingerprint density at radius 3 is 2.40 bits per heavy atom. The molecule has 13 heteroatoms. The van der Waals surface area contributed by atoms with E-state index in [1.807, 2.05) is 24.0 Å². The molecule has 0 saturated carbocycles. The van der Waals surface area contributed by atoms with Gasteiger partial charge in [0, 0.05) is 89.2 Å². The molecule has 50 heavy (non-hydrogen) atoms. The number of likely N-dealkylation sites (tertiary alicyclic amines) is 2. The van der Waals surface area contributed by atoms with Gasteiger partial charge in [0.1, 0.15) is 4.47 Å². The Morgan fingerprint density at radius 2 is 1.70 bits per heavy atom. The molecule has 4 aliphatic heterocycles. The number of nitrogens with one attached hydrogen (secondary N) is 2. The quantitative estimate of drug-likeness (QED) is 0.352. The zero-order chi connectivity index (χ0) is 35.1. The third kappa shape index (κ3) is 7.08. The van der Waals surface area contributed by atoms with E-state index in [0.717, 1.165) is 81.2 Å². The first kappa shape index (κ1) is 34.4. The number of hydrogen-bond donors (Lipinski definition) is 2. The Labute approximate surface area is 300 Å². The summed E-state index contributed by atoms with van der Waals surface area (Å²) in [6.45, 7) is 9.02. The van der Waals surface area contributed by atoms with Crippen LogP contribution in [0.3, 0.4) is 0 Å². The number of carbonyl (C=O) groups is 3. The molecule has 0 spiro atoms. The van der Waals surface area contributed by atoms with Crippen molar-refractivity contribution < 1.29 is 14.4 Å². The minimum atomic E-state index is -0.267. The molecule has 0 aliphatic carbocycles. The van der Waals surface area contributed by atoms with Crippen molar-refractivity contribution in [3.8, 4) is 0 Å². The molecule has 12 nitrogen and oxygen atoms in total. The van der Waals surface area contributed by atoms with Crippen LogP contribution in [0.5, 0.6) is 0 Å². The van der Waals surface area contributed by atoms with Crippen LogP contribution in [0.2, 0.25) is 0 Å². The van der Waals surface area contributed by atoms with E-state index in [1.165, 1.54) is 10.2 Å². The number of likely N-dealkylation sites (N-methyl/N-ethyl adjacent to an activating group) is 1. The zero-order valence-corrected chi connectivity index (χ0v) is 30.5. The summed E-state index contributed by atoms with van der Waals surface area (Å²) >= 11 is 3.43. The highest BCUT2D eigenvalue weighted by Crippen LogP contribution is 2.32.